The van der Waals surface area contributed by atoms with E-state index in [0.717, 1.165) is 30.6 Å². The number of rotatable bonds is 21. The van der Waals surface area contributed by atoms with Crippen molar-refractivity contribution in [1.82, 2.24) is 0 Å². The molecular weight excluding hydrogens is 752 g/mol. The van der Waals surface area contributed by atoms with E-state index in [0.29, 0.717) is 24.4 Å². The Morgan fingerprint density at radius 1 is 0.776 bits per heavy atom. The highest BCUT2D eigenvalue weighted by molar-refractivity contribution is 14.1. The second kappa shape index (κ2) is 20.5. The van der Waals surface area contributed by atoms with Crippen LogP contribution in [0.3, 0.4) is 0 Å². The van der Waals surface area contributed by atoms with Crippen molar-refractivity contribution >= 4 is 39.2 Å². The first kappa shape index (κ1) is 46.3. The van der Waals surface area contributed by atoms with Crippen LogP contribution < -0.4 is 4.74 Å². The summed E-state index contributed by atoms with van der Waals surface area (Å²) in [4.78, 5) is 0. The van der Waals surface area contributed by atoms with Gasteiger partial charge in [0.15, 0.2) is 16.6 Å². The highest BCUT2D eigenvalue weighted by Crippen LogP contribution is 2.42. The molecule has 0 fully saturated rings. The quantitative estimate of drug-likeness (QED) is 0.0703. The molecule has 0 saturated heterocycles. The van der Waals surface area contributed by atoms with Crippen LogP contribution in [0.15, 0.2) is 59.2 Å². The molecule has 4 nitrogen and oxygen atoms in total. The van der Waals surface area contributed by atoms with E-state index >= 15 is 0 Å². The Hall–Kier alpha value is -0.716. The number of methoxy groups -OCH3 is 1. The summed E-state index contributed by atoms with van der Waals surface area (Å²) < 4.78 is 28.8. The fourth-order valence-corrected chi connectivity index (χ4v) is 9.65. The Kier molecular flexibility index (Phi) is 19.4. The second-order valence-electron chi connectivity index (χ2n) is 17.8. The van der Waals surface area contributed by atoms with Gasteiger partial charge in [-0.15, -0.1) is 0 Å². The SMILES string of the molecule is C=C/C=C/[C@H](C)[C@H](OCc1ccc(OC)cc1)[C@@H](C)[C@@H](CC[C@H](C)C[C@H](C)[C@@H](O[Si](C)(C)C(C)(C)C)[C@@H](C)/C=C\I)O[Si](C)(C)C(C)(C)C. The number of halogens is 1. The van der Waals surface area contributed by atoms with Crippen LogP contribution in [0.2, 0.25) is 36.3 Å². The summed E-state index contributed by atoms with van der Waals surface area (Å²) >= 11 is 2.35. The Morgan fingerprint density at radius 3 is 1.80 bits per heavy atom. The lowest BCUT2D eigenvalue weighted by molar-refractivity contribution is -0.0551. The fraction of sp³-hybridized carbons (Fsp3) is 0.714. The van der Waals surface area contributed by atoms with E-state index in [1.54, 1.807) is 7.11 Å². The van der Waals surface area contributed by atoms with Crippen LogP contribution in [0, 0.1) is 29.6 Å². The molecule has 0 aliphatic rings. The van der Waals surface area contributed by atoms with Crippen molar-refractivity contribution in [1.29, 1.82) is 0 Å². The smallest absolute Gasteiger partial charge is 0.192 e. The minimum atomic E-state index is -2.05. The van der Waals surface area contributed by atoms with E-state index < -0.39 is 16.6 Å². The van der Waals surface area contributed by atoms with Crippen molar-refractivity contribution in [3.8, 4) is 5.75 Å². The maximum Gasteiger partial charge on any atom is 0.192 e. The van der Waals surface area contributed by atoms with E-state index in [1.807, 2.05) is 24.3 Å². The molecule has 1 rings (SSSR count). The van der Waals surface area contributed by atoms with Gasteiger partial charge in [-0.25, -0.2) is 0 Å². The van der Waals surface area contributed by atoms with E-state index in [4.69, 9.17) is 18.3 Å². The third-order valence-corrected chi connectivity index (χ3v) is 20.8. The average molecular weight is 827 g/mol. The van der Waals surface area contributed by atoms with Crippen molar-refractivity contribution in [2.45, 2.75) is 157 Å². The molecule has 49 heavy (non-hydrogen) atoms. The third-order valence-electron chi connectivity index (χ3n) is 11.4. The zero-order chi connectivity index (χ0) is 37.8. The Bertz CT molecular complexity index is 1150. The Balaban J connectivity index is 3.32. The van der Waals surface area contributed by atoms with Crippen molar-refractivity contribution < 1.29 is 18.3 Å². The van der Waals surface area contributed by atoms with Crippen molar-refractivity contribution in [2.75, 3.05) is 7.11 Å². The van der Waals surface area contributed by atoms with Crippen molar-refractivity contribution in [2.24, 2.45) is 29.6 Å². The van der Waals surface area contributed by atoms with Crippen LogP contribution in [0.4, 0.5) is 0 Å². The number of ether oxygens (including phenoxy) is 2. The number of hydrogen-bond donors (Lipinski definition) is 0. The minimum absolute atomic E-state index is 0.00872. The van der Waals surface area contributed by atoms with Gasteiger partial charge in [-0.3, -0.25) is 0 Å². The highest BCUT2D eigenvalue weighted by atomic mass is 127. The van der Waals surface area contributed by atoms with E-state index in [9.17, 15) is 0 Å². The van der Waals surface area contributed by atoms with E-state index in [1.165, 1.54) is 0 Å². The molecule has 0 saturated carbocycles. The first-order chi connectivity index (χ1) is 22.5. The molecular formula is C42H75IO4Si2. The molecule has 0 spiro atoms. The molecule has 1 aromatic carbocycles. The van der Waals surface area contributed by atoms with Gasteiger partial charge in [-0.1, -0.05) is 142 Å². The van der Waals surface area contributed by atoms with Crippen LogP contribution >= 0.6 is 22.6 Å². The lowest BCUT2D eigenvalue weighted by Gasteiger charge is -2.44. The molecule has 0 amide bonds. The molecule has 1 aromatic rings. The molecule has 0 bridgehead atoms. The molecule has 0 radical (unpaired) electrons. The van der Waals surface area contributed by atoms with Gasteiger partial charge in [0.2, 0.25) is 0 Å². The zero-order valence-corrected chi connectivity index (χ0v) is 38.5. The summed E-state index contributed by atoms with van der Waals surface area (Å²) in [7, 11) is -2.28. The maximum atomic E-state index is 7.33. The standard InChI is InChI=1S/C42H75IO4Si2/c1-18-19-20-32(3)40(45-30-36-22-24-37(44-13)25-23-36)35(6)38(46-48(14,15)41(7,8)9)26-21-31(2)29-34(5)39(33(4)27-28-43)47-49(16,17)42(10,11)12/h18-20,22-25,27-28,31-35,38-40H,1,21,26,29-30H2,2-17H3/b20-19+,28-27-/t31-,32-,33-,34-,35-,38+,39-,40-/m0/s1. The van der Waals surface area contributed by atoms with Crippen molar-refractivity contribution in [3.05, 3.63) is 64.8 Å². The van der Waals surface area contributed by atoms with Gasteiger partial charge in [0.05, 0.1) is 32.0 Å². The fourth-order valence-electron chi connectivity index (χ4n) is 6.07. The summed E-state index contributed by atoms with van der Waals surface area (Å²) in [6.07, 6.45) is 12.0. The molecule has 0 heterocycles. The van der Waals surface area contributed by atoms with Gasteiger partial charge in [-0.2, -0.15) is 0 Å². The normalized spacial score (nSPS) is 18.6. The van der Waals surface area contributed by atoms with E-state index in [-0.39, 0.29) is 40.2 Å². The first-order valence-corrected chi connectivity index (χ1v) is 25.7. The maximum absolute atomic E-state index is 7.33. The second-order valence-corrected chi connectivity index (χ2v) is 28.0. The lowest BCUT2D eigenvalue weighted by Crippen LogP contribution is -2.48. The average Bonchev–Trinajstić information content (AvgIpc) is 2.99. The van der Waals surface area contributed by atoms with Gasteiger partial charge >= 0.3 is 0 Å². The van der Waals surface area contributed by atoms with Crippen LogP contribution in [-0.4, -0.2) is 42.1 Å². The lowest BCUT2D eigenvalue weighted by atomic mass is 9.82. The van der Waals surface area contributed by atoms with Gasteiger partial charge in [0.1, 0.15) is 5.75 Å². The zero-order valence-electron chi connectivity index (χ0n) is 34.4. The monoisotopic (exact) mass is 826 g/mol. The number of allylic oxidation sites excluding steroid dienone is 2. The topological polar surface area (TPSA) is 36.9 Å². The molecule has 0 N–H and O–H groups in total. The van der Waals surface area contributed by atoms with Crippen LogP contribution in [-0.2, 0) is 20.2 Å². The summed E-state index contributed by atoms with van der Waals surface area (Å²) in [6, 6.07) is 8.20. The van der Waals surface area contributed by atoms with E-state index in [2.05, 4.69) is 160 Å². The molecule has 7 heteroatoms. The van der Waals surface area contributed by atoms with Gasteiger partial charge in [0, 0.05) is 11.8 Å². The predicted molar refractivity (Wildman–Crippen MR) is 228 cm³/mol. The van der Waals surface area contributed by atoms with Crippen molar-refractivity contribution in [3.63, 3.8) is 0 Å². The molecule has 282 valence electrons. The van der Waals surface area contributed by atoms with Crippen LogP contribution in [0.1, 0.15) is 101 Å². The summed E-state index contributed by atoms with van der Waals surface area (Å²) in [5.74, 6) is 2.63. The Labute approximate surface area is 319 Å². The minimum Gasteiger partial charge on any atom is -0.497 e. The Morgan fingerprint density at radius 2 is 1.31 bits per heavy atom. The molecule has 0 aliphatic heterocycles. The van der Waals surface area contributed by atoms with Crippen LogP contribution in [0.25, 0.3) is 0 Å². The molecule has 0 unspecified atom stereocenters. The molecule has 0 aliphatic carbocycles. The summed E-state index contributed by atoms with van der Waals surface area (Å²) in [5.41, 5.74) is 1.14. The van der Waals surface area contributed by atoms with Gasteiger partial charge in [0.25, 0.3) is 0 Å². The third kappa shape index (κ3) is 15.0. The largest absolute Gasteiger partial charge is 0.497 e. The number of benzene rings is 1. The predicted octanol–water partition coefficient (Wildman–Crippen LogP) is 13.4. The molecule has 8 atom stereocenters. The number of hydrogen-bond acceptors (Lipinski definition) is 4. The summed E-state index contributed by atoms with van der Waals surface area (Å²) in [5, 5.41) is 0.300. The van der Waals surface area contributed by atoms with Gasteiger partial charge < -0.3 is 18.3 Å². The highest BCUT2D eigenvalue weighted by Gasteiger charge is 2.43. The van der Waals surface area contributed by atoms with Gasteiger partial charge in [-0.05, 0) is 95.1 Å². The van der Waals surface area contributed by atoms with Crippen LogP contribution in [0.5, 0.6) is 5.75 Å². The first-order valence-electron chi connectivity index (χ1n) is 18.7. The molecule has 0 aromatic heterocycles. The summed E-state index contributed by atoms with van der Waals surface area (Å²) in [6.45, 7) is 39.8.